The Bertz CT molecular complexity index is 565. The average Bonchev–Trinajstić information content (AvgIpc) is 2.73. The van der Waals surface area contributed by atoms with Crippen LogP contribution in [0.5, 0.6) is 11.6 Å². The van der Waals surface area contributed by atoms with Crippen LogP contribution in [-0.2, 0) is 6.61 Å². The molecular weight excluding hydrogens is 298 g/mol. The van der Waals surface area contributed by atoms with Crippen LogP contribution in [-0.4, -0.2) is 15.8 Å². The first kappa shape index (κ1) is 14.0. The second-order valence-electron chi connectivity index (χ2n) is 3.46. The lowest BCUT2D eigenvalue weighted by Crippen LogP contribution is -2.06. The second kappa shape index (κ2) is 6.12. The van der Waals surface area contributed by atoms with Gasteiger partial charge in [-0.2, -0.15) is 8.78 Å². The summed E-state index contributed by atoms with van der Waals surface area (Å²) in [6, 6.07) is 6.06. The van der Waals surface area contributed by atoms with Crippen LogP contribution >= 0.6 is 24.4 Å². The van der Waals surface area contributed by atoms with Gasteiger partial charge in [0.15, 0.2) is 0 Å². The van der Waals surface area contributed by atoms with E-state index >= 15 is 0 Å². The van der Waals surface area contributed by atoms with Crippen molar-refractivity contribution in [3.63, 3.8) is 0 Å². The van der Waals surface area contributed by atoms with E-state index in [1.807, 2.05) is 0 Å². The monoisotopic (exact) mass is 306 g/mol. The van der Waals surface area contributed by atoms with Crippen LogP contribution in [0.1, 0.15) is 5.56 Å². The Morgan fingerprint density at radius 3 is 2.79 bits per heavy atom. The Hall–Kier alpha value is -1.47. The largest absolute Gasteiger partial charge is 0.472 e. The molecule has 0 unspecified atom stereocenters. The lowest BCUT2D eigenvalue weighted by Gasteiger charge is -2.12. The van der Waals surface area contributed by atoms with Gasteiger partial charge in [0, 0.05) is 12.3 Å². The molecular formula is C11H9ClF2N2O2S. The fraction of sp³-hybridized carbons (Fsp3) is 0.182. The molecule has 0 N–H and O–H groups in total. The minimum atomic E-state index is -2.92. The summed E-state index contributed by atoms with van der Waals surface area (Å²) in [4.78, 5) is 0. The number of halogens is 3. The summed E-state index contributed by atoms with van der Waals surface area (Å²) in [6.07, 6.45) is 1.57. The van der Waals surface area contributed by atoms with E-state index in [1.165, 1.54) is 16.2 Å². The fourth-order valence-electron chi connectivity index (χ4n) is 1.41. The molecule has 1 heterocycles. The van der Waals surface area contributed by atoms with Crippen molar-refractivity contribution in [3.8, 4) is 11.6 Å². The maximum Gasteiger partial charge on any atom is 0.387 e. The molecule has 2 rings (SSSR count). The van der Waals surface area contributed by atoms with Crippen LogP contribution in [0, 0.1) is 0 Å². The number of hydrogen-bond donors (Lipinski definition) is 1. The summed E-state index contributed by atoms with van der Waals surface area (Å²) in [5, 5.41) is 4.15. The van der Waals surface area contributed by atoms with Gasteiger partial charge in [-0.3, -0.25) is 0 Å². The number of alkyl halides is 2. The highest BCUT2D eigenvalue weighted by atomic mass is 35.5. The average molecular weight is 307 g/mol. The van der Waals surface area contributed by atoms with Crippen LogP contribution in [0.4, 0.5) is 8.78 Å². The van der Waals surface area contributed by atoms with Gasteiger partial charge in [-0.15, -0.1) is 5.10 Å². The summed E-state index contributed by atoms with van der Waals surface area (Å²) in [5.41, 5.74) is 0.332. The first-order valence-corrected chi connectivity index (χ1v) is 5.94. The highest BCUT2D eigenvalue weighted by molar-refractivity contribution is 7.78. The zero-order valence-electron chi connectivity index (χ0n) is 9.46. The Morgan fingerprint density at radius 1 is 1.37 bits per heavy atom. The molecule has 0 bridgehead atoms. The van der Waals surface area contributed by atoms with Gasteiger partial charge in [-0.1, -0.05) is 17.7 Å². The zero-order chi connectivity index (χ0) is 13.8. The van der Waals surface area contributed by atoms with Crippen molar-refractivity contribution in [3.05, 3.63) is 41.0 Å². The lowest BCUT2D eigenvalue weighted by atomic mass is 10.2. The van der Waals surface area contributed by atoms with Crippen molar-refractivity contribution in [1.82, 2.24) is 9.19 Å². The number of nitrogens with zero attached hydrogens (tertiary/aromatic N) is 2. The molecule has 0 amide bonds. The van der Waals surface area contributed by atoms with E-state index in [1.54, 1.807) is 18.3 Å². The molecule has 19 heavy (non-hydrogen) atoms. The Morgan fingerprint density at radius 2 is 2.16 bits per heavy atom. The van der Waals surface area contributed by atoms with E-state index in [4.69, 9.17) is 16.3 Å². The highest BCUT2D eigenvalue weighted by Gasteiger charge is 2.13. The van der Waals surface area contributed by atoms with E-state index in [2.05, 4.69) is 22.7 Å². The number of aromatic nitrogens is 2. The van der Waals surface area contributed by atoms with Crippen LogP contribution < -0.4 is 9.47 Å². The van der Waals surface area contributed by atoms with Crippen molar-refractivity contribution >= 4 is 24.4 Å². The minimum absolute atomic E-state index is 0.0205. The summed E-state index contributed by atoms with van der Waals surface area (Å²) >= 11 is 9.89. The zero-order valence-corrected chi connectivity index (χ0v) is 11.1. The predicted octanol–water partition coefficient (Wildman–Crippen LogP) is 3.41. The van der Waals surface area contributed by atoms with Crippen molar-refractivity contribution in [1.29, 1.82) is 0 Å². The first-order valence-electron chi connectivity index (χ1n) is 5.16. The molecule has 102 valence electrons. The van der Waals surface area contributed by atoms with Crippen molar-refractivity contribution in [2.24, 2.45) is 0 Å². The van der Waals surface area contributed by atoms with Gasteiger partial charge in [-0.05, 0) is 24.9 Å². The Kier molecular flexibility index (Phi) is 4.49. The number of benzene rings is 1. The van der Waals surface area contributed by atoms with Gasteiger partial charge < -0.3 is 9.47 Å². The standard InChI is InChI=1S/C11H9ClF2N2O2S/c12-8-2-1-3-9(18-11(13)14)7(8)6-17-10-4-5-16(19)15-10/h1-5,11,19H,6H2. The molecule has 0 aliphatic rings. The molecule has 0 aliphatic heterocycles. The summed E-state index contributed by atoms with van der Waals surface area (Å²) < 4.78 is 35.5. The molecule has 0 saturated heterocycles. The molecule has 8 heteroatoms. The SMILES string of the molecule is FC(F)Oc1cccc(Cl)c1COc1ccn(S)n1. The molecule has 0 fully saturated rings. The number of thiol groups is 1. The highest BCUT2D eigenvalue weighted by Crippen LogP contribution is 2.28. The van der Waals surface area contributed by atoms with E-state index in [0.29, 0.717) is 11.4 Å². The maximum absolute atomic E-state index is 12.3. The van der Waals surface area contributed by atoms with Crippen LogP contribution in [0.2, 0.25) is 5.02 Å². The number of hydrogen-bond acceptors (Lipinski definition) is 4. The van der Waals surface area contributed by atoms with Crippen molar-refractivity contribution < 1.29 is 18.3 Å². The molecule has 2 aromatic rings. The van der Waals surface area contributed by atoms with Crippen LogP contribution in [0.25, 0.3) is 0 Å². The van der Waals surface area contributed by atoms with Crippen LogP contribution in [0.15, 0.2) is 30.5 Å². The molecule has 4 nitrogen and oxygen atoms in total. The minimum Gasteiger partial charge on any atom is -0.472 e. The molecule has 1 aromatic heterocycles. The lowest BCUT2D eigenvalue weighted by molar-refractivity contribution is -0.0508. The van der Waals surface area contributed by atoms with Gasteiger partial charge in [0.25, 0.3) is 0 Å². The predicted molar refractivity (Wildman–Crippen MR) is 69.0 cm³/mol. The first-order chi connectivity index (χ1) is 9.06. The van der Waals surface area contributed by atoms with E-state index < -0.39 is 6.61 Å². The second-order valence-corrected chi connectivity index (χ2v) is 4.28. The molecule has 0 spiro atoms. The van der Waals surface area contributed by atoms with E-state index in [0.717, 1.165) is 0 Å². The van der Waals surface area contributed by atoms with E-state index in [-0.39, 0.29) is 17.4 Å². The Balaban J connectivity index is 2.14. The number of rotatable bonds is 5. The molecule has 0 radical (unpaired) electrons. The van der Waals surface area contributed by atoms with Crippen molar-refractivity contribution in [2.45, 2.75) is 13.2 Å². The third kappa shape index (κ3) is 3.74. The normalized spacial score (nSPS) is 10.8. The quantitative estimate of drug-likeness (QED) is 0.860. The van der Waals surface area contributed by atoms with Gasteiger partial charge in [0.1, 0.15) is 12.4 Å². The summed E-state index contributed by atoms with van der Waals surface area (Å²) in [6.45, 7) is -2.96. The molecule has 0 aliphatic carbocycles. The van der Waals surface area contributed by atoms with Crippen LogP contribution in [0.3, 0.4) is 0 Å². The van der Waals surface area contributed by atoms with E-state index in [9.17, 15) is 8.78 Å². The fourth-order valence-corrected chi connectivity index (χ4v) is 1.78. The third-order valence-corrected chi connectivity index (χ3v) is 2.78. The van der Waals surface area contributed by atoms with Crippen molar-refractivity contribution in [2.75, 3.05) is 0 Å². The van der Waals surface area contributed by atoms with Gasteiger partial charge in [-0.25, -0.2) is 4.09 Å². The van der Waals surface area contributed by atoms with Gasteiger partial charge >= 0.3 is 6.61 Å². The van der Waals surface area contributed by atoms with Gasteiger partial charge in [0.2, 0.25) is 5.88 Å². The molecule has 1 aromatic carbocycles. The summed E-state index contributed by atoms with van der Waals surface area (Å²) in [5.74, 6) is 0.283. The maximum atomic E-state index is 12.3. The molecule has 0 saturated carbocycles. The third-order valence-electron chi connectivity index (χ3n) is 2.21. The molecule has 0 atom stereocenters. The smallest absolute Gasteiger partial charge is 0.387 e. The summed E-state index contributed by atoms with van der Waals surface area (Å²) in [7, 11) is 0. The number of ether oxygens (including phenoxy) is 2. The topological polar surface area (TPSA) is 36.3 Å². The van der Waals surface area contributed by atoms with Gasteiger partial charge in [0.05, 0.1) is 10.6 Å². The Labute approximate surface area is 118 Å².